The van der Waals surface area contributed by atoms with Crippen LogP contribution in [0.25, 0.3) is 10.2 Å². The third-order valence-corrected chi connectivity index (χ3v) is 5.51. The second kappa shape index (κ2) is 6.18. The maximum Gasteiger partial charge on any atom is 0.226 e. The van der Waals surface area contributed by atoms with E-state index in [9.17, 15) is 0 Å². The highest BCUT2D eigenvalue weighted by Gasteiger charge is 2.17. The summed E-state index contributed by atoms with van der Waals surface area (Å²) in [5.74, 6) is 4.18. The molecule has 1 saturated heterocycles. The van der Waals surface area contributed by atoms with Crippen molar-refractivity contribution in [1.82, 2.24) is 9.97 Å². The summed E-state index contributed by atoms with van der Waals surface area (Å²) in [5.41, 5.74) is 0. The Balaban J connectivity index is 1.93. The minimum Gasteiger partial charge on any atom is -0.366 e. The Hall–Kier alpha value is -1.01. The summed E-state index contributed by atoms with van der Waals surface area (Å²) in [4.78, 5) is 11.6. The molecule has 108 valence electrons. The van der Waals surface area contributed by atoms with Crippen LogP contribution in [0.1, 0.15) is 24.6 Å². The van der Waals surface area contributed by atoms with E-state index in [1.165, 1.54) is 29.2 Å². The van der Waals surface area contributed by atoms with Crippen LogP contribution in [0.2, 0.25) is 0 Å². The zero-order valence-corrected chi connectivity index (χ0v) is 13.5. The fourth-order valence-electron chi connectivity index (χ4n) is 2.44. The lowest BCUT2D eigenvalue weighted by Crippen LogP contribution is -2.26. The molecule has 20 heavy (non-hydrogen) atoms. The molecular weight excluding hydrogens is 288 g/mol. The van der Waals surface area contributed by atoms with E-state index in [-0.39, 0.29) is 0 Å². The molecule has 1 aliphatic heterocycles. The first kappa shape index (κ1) is 13.9. The van der Waals surface area contributed by atoms with Crippen LogP contribution in [0, 0.1) is 6.92 Å². The van der Waals surface area contributed by atoms with Gasteiger partial charge in [-0.15, -0.1) is 11.3 Å². The molecule has 0 radical (unpaired) electrons. The number of hydrogen-bond donors (Lipinski definition) is 2. The fourth-order valence-corrected chi connectivity index (χ4v) is 4.39. The van der Waals surface area contributed by atoms with E-state index in [1.54, 1.807) is 11.3 Å². The highest BCUT2D eigenvalue weighted by Crippen LogP contribution is 2.31. The lowest BCUT2D eigenvalue weighted by atomic mass is 10.2. The number of thiophene rings is 1. The molecule has 0 bridgehead atoms. The predicted molar refractivity (Wildman–Crippen MR) is 90.3 cm³/mol. The van der Waals surface area contributed by atoms with Crippen LogP contribution in [-0.4, -0.2) is 34.1 Å². The lowest BCUT2D eigenvalue weighted by Gasteiger charge is -2.23. The van der Waals surface area contributed by atoms with Crippen molar-refractivity contribution < 1.29 is 0 Å². The van der Waals surface area contributed by atoms with Gasteiger partial charge in [0.1, 0.15) is 10.6 Å². The highest BCUT2D eigenvalue weighted by molar-refractivity contribution is 7.99. The summed E-state index contributed by atoms with van der Waals surface area (Å²) in [5, 5.41) is 8.01. The van der Waals surface area contributed by atoms with Crippen LogP contribution in [0.4, 0.5) is 11.8 Å². The van der Waals surface area contributed by atoms with Crippen LogP contribution in [-0.2, 0) is 0 Å². The highest BCUT2D eigenvalue weighted by atomic mass is 32.2. The fraction of sp³-hybridized carbons (Fsp3) is 0.571. The van der Waals surface area contributed by atoms with E-state index < -0.39 is 0 Å². The summed E-state index contributed by atoms with van der Waals surface area (Å²) in [6, 6.07) is 2.72. The van der Waals surface area contributed by atoms with Crippen LogP contribution in [0.3, 0.4) is 0 Å². The third-order valence-electron chi connectivity index (χ3n) is 3.35. The number of rotatable bonds is 4. The maximum absolute atomic E-state index is 4.66. The van der Waals surface area contributed by atoms with Gasteiger partial charge in [-0.25, -0.2) is 4.98 Å². The molecule has 2 aromatic heterocycles. The van der Waals surface area contributed by atoms with E-state index >= 15 is 0 Å². The van der Waals surface area contributed by atoms with Gasteiger partial charge in [-0.2, -0.15) is 16.7 Å². The van der Waals surface area contributed by atoms with Crippen molar-refractivity contribution in [2.45, 2.75) is 32.7 Å². The number of hydrogen-bond acceptors (Lipinski definition) is 6. The molecule has 0 aliphatic carbocycles. The number of nitrogens with one attached hydrogen (secondary N) is 2. The molecular formula is C14H20N4S2. The molecule has 0 spiro atoms. The number of aryl methyl sites for hydroxylation is 1. The van der Waals surface area contributed by atoms with E-state index in [0.717, 1.165) is 28.5 Å². The van der Waals surface area contributed by atoms with Crippen molar-refractivity contribution in [3.05, 3.63) is 10.9 Å². The summed E-state index contributed by atoms with van der Waals surface area (Å²) in [7, 11) is 0. The summed E-state index contributed by atoms with van der Waals surface area (Å²) in [6.45, 7) is 5.03. The second-order valence-electron chi connectivity index (χ2n) is 5.06. The van der Waals surface area contributed by atoms with Crippen LogP contribution in [0.15, 0.2) is 6.07 Å². The molecule has 4 nitrogen and oxygen atoms in total. The van der Waals surface area contributed by atoms with Gasteiger partial charge in [0.2, 0.25) is 5.95 Å². The Morgan fingerprint density at radius 3 is 3.05 bits per heavy atom. The van der Waals surface area contributed by atoms with Crippen molar-refractivity contribution in [3.8, 4) is 0 Å². The maximum atomic E-state index is 4.66. The van der Waals surface area contributed by atoms with Crippen molar-refractivity contribution in [2.24, 2.45) is 0 Å². The average Bonchev–Trinajstić information content (AvgIpc) is 2.81. The van der Waals surface area contributed by atoms with Crippen LogP contribution < -0.4 is 10.6 Å². The molecule has 2 N–H and O–H groups in total. The van der Waals surface area contributed by atoms with Gasteiger partial charge >= 0.3 is 0 Å². The van der Waals surface area contributed by atoms with E-state index in [1.807, 2.05) is 11.8 Å². The normalized spacial score (nSPS) is 19.2. The Morgan fingerprint density at radius 2 is 2.30 bits per heavy atom. The minimum absolute atomic E-state index is 0.529. The predicted octanol–water partition coefficient (Wildman–Crippen LogP) is 3.74. The quantitative estimate of drug-likeness (QED) is 0.901. The largest absolute Gasteiger partial charge is 0.366 e. The average molecular weight is 308 g/mol. The zero-order chi connectivity index (χ0) is 13.9. The van der Waals surface area contributed by atoms with Crippen molar-refractivity contribution in [3.63, 3.8) is 0 Å². The van der Waals surface area contributed by atoms with Gasteiger partial charge in [0.05, 0.1) is 5.39 Å². The van der Waals surface area contributed by atoms with Gasteiger partial charge in [0.25, 0.3) is 0 Å². The second-order valence-corrected chi connectivity index (χ2v) is 7.45. The van der Waals surface area contributed by atoms with E-state index in [0.29, 0.717) is 6.04 Å². The Labute approximate surface area is 127 Å². The standard InChI is InChI=1S/C14H20N4S2/c1-3-15-14-17-12(16-10-5-4-6-19-8-10)11-7-9(2)20-13(11)18-14/h7,10H,3-6,8H2,1-2H3,(H2,15,16,17,18). The minimum atomic E-state index is 0.529. The van der Waals surface area contributed by atoms with Gasteiger partial charge in [0, 0.05) is 23.2 Å². The molecule has 3 heterocycles. The molecule has 1 aliphatic rings. The SMILES string of the molecule is CCNc1nc(NC2CCCSC2)c2cc(C)sc2n1. The first-order valence-electron chi connectivity index (χ1n) is 7.12. The van der Waals surface area contributed by atoms with Crippen molar-refractivity contribution in [2.75, 3.05) is 28.7 Å². The van der Waals surface area contributed by atoms with Gasteiger partial charge in [-0.1, -0.05) is 0 Å². The molecule has 0 aromatic carbocycles. The number of fused-ring (bicyclic) bond motifs is 1. The molecule has 6 heteroatoms. The molecule has 1 fully saturated rings. The first-order valence-corrected chi connectivity index (χ1v) is 9.09. The summed E-state index contributed by atoms with van der Waals surface area (Å²) in [6.07, 6.45) is 2.53. The lowest BCUT2D eigenvalue weighted by molar-refractivity contribution is 0.683. The molecule has 1 unspecified atom stereocenters. The topological polar surface area (TPSA) is 49.8 Å². The summed E-state index contributed by atoms with van der Waals surface area (Å²) >= 11 is 3.76. The number of anilines is 2. The summed E-state index contributed by atoms with van der Waals surface area (Å²) < 4.78 is 0. The molecule has 0 amide bonds. The number of aromatic nitrogens is 2. The van der Waals surface area contributed by atoms with E-state index in [4.69, 9.17) is 0 Å². The Kier molecular flexibility index (Phi) is 4.31. The van der Waals surface area contributed by atoms with Crippen molar-refractivity contribution >= 4 is 45.1 Å². The number of nitrogens with zero attached hydrogens (tertiary/aromatic N) is 2. The molecule has 2 aromatic rings. The van der Waals surface area contributed by atoms with Crippen LogP contribution in [0.5, 0.6) is 0 Å². The third kappa shape index (κ3) is 3.01. The van der Waals surface area contributed by atoms with Crippen molar-refractivity contribution in [1.29, 1.82) is 0 Å². The van der Waals surface area contributed by atoms with Crippen LogP contribution >= 0.6 is 23.1 Å². The molecule has 0 saturated carbocycles. The van der Waals surface area contributed by atoms with Gasteiger partial charge in [-0.05, 0) is 38.5 Å². The van der Waals surface area contributed by atoms with E-state index in [2.05, 4.69) is 40.5 Å². The number of thioether (sulfide) groups is 1. The molecule has 1 atom stereocenters. The zero-order valence-electron chi connectivity index (χ0n) is 11.9. The van der Waals surface area contributed by atoms with Gasteiger partial charge in [-0.3, -0.25) is 0 Å². The van der Waals surface area contributed by atoms with Gasteiger partial charge < -0.3 is 10.6 Å². The smallest absolute Gasteiger partial charge is 0.226 e. The Bertz CT molecular complexity index is 590. The first-order chi connectivity index (χ1) is 9.76. The monoisotopic (exact) mass is 308 g/mol. The Morgan fingerprint density at radius 1 is 1.40 bits per heavy atom. The van der Waals surface area contributed by atoms with Gasteiger partial charge in [0.15, 0.2) is 0 Å². The molecule has 3 rings (SSSR count).